The quantitative estimate of drug-likeness (QED) is 0.364. The molecule has 3 N–H and O–H groups in total. The van der Waals surface area contributed by atoms with E-state index in [9.17, 15) is 0 Å². The number of ether oxygens (including phenoxy) is 1. The molecule has 0 aliphatic carbocycles. The Kier molecular flexibility index (Phi) is 4.81. The van der Waals surface area contributed by atoms with Crippen molar-refractivity contribution in [3.8, 4) is 0 Å². The Morgan fingerprint density at radius 3 is 3.00 bits per heavy atom. The number of likely N-dealkylation sites (N-methyl/N-ethyl adjacent to an activating group) is 2. The molecule has 1 saturated heterocycles. The molecule has 20 heavy (non-hydrogen) atoms. The number of para-hydroxylation sites is 1. The van der Waals surface area contributed by atoms with Gasteiger partial charge in [-0.3, -0.25) is 0 Å². The normalized spacial score (nSPS) is 20.9. The maximum absolute atomic E-state index is 8.86. The van der Waals surface area contributed by atoms with E-state index in [1.165, 1.54) is 0 Å². The van der Waals surface area contributed by atoms with Crippen LogP contribution in [0, 0.1) is 0 Å². The second kappa shape index (κ2) is 6.58. The first-order valence-corrected chi connectivity index (χ1v) is 6.70. The molecule has 1 aliphatic rings. The highest BCUT2D eigenvalue weighted by Crippen LogP contribution is 2.20. The second-order valence-corrected chi connectivity index (χ2v) is 5.14. The minimum Gasteiger partial charge on any atom is -0.409 e. The van der Waals surface area contributed by atoms with Crippen LogP contribution in [0.5, 0.6) is 0 Å². The Morgan fingerprint density at radius 1 is 1.55 bits per heavy atom. The average molecular weight is 278 g/mol. The molecule has 1 atom stereocenters. The van der Waals surface area contributed by atoms with Gasteiger partial charge in [-0.05, 0) is 19.2 Å². The molecule has 1 fully saturated rings. The van der Waals surface area contributed by atoms with Crippen molar-refractivity contribution in [3.05, 3.63) is 29.8 Å². The highest BCUT2D eigenvalue weighted by atomic mass is 16.5. The number of hydrogen-bond acceptors (Lipinski definition) is 5. The highest BCUT2D eigenvalue weighted by Gasteiger charge is 2.20. The number of benzene rings is 1. The van der Waals surface area contributed by atoms with Crippen molar-refractivity contribution in [2.75, 3.05) is 45.2 Å². The SMILES string of the molecule is CN1CCOC(CN(C)c2ccccc2/C(N)=N/O)C1. The van der Waals surface area contributed by atoms with Crippen LogP contribution in [0.2, 0.25) is 0 Å². The predicted octanol–water partition coefficient (Wildman–Crippen LogP) is 0.548. The minimum absolute atomic E-state index is 0.120. The monoisotopic (exact) mass is 278 g/mol. The van der Waals surface area contributed by atoms with Gasteiger partial charge in [0.1, 0.15) is 0 Å². The van der Waals surface area contributed by atoms with Gasteiger partial charge in [0.2, 0.25) is 0 Å². The van der Waals surface area contributed by atoms with Crippen molar-refractivity contribution in [1.82, 2.24) is 4.90 Å². The average Bonchev–Trinajstić information content (AvgIpc) is 2.46. The standard InChI is InChI=1S/C14H22N4O2/c1-17-7-8-20-11(9-17)10-18(2)13-6-4-3-5-12(13)14(15)16-19/h3-6,11,19H,7-10H2,1-2H3,(H2,15,16). The van der Waals surface area contributed by atoms with Crippen molar-refractivity contribution in [2.45, 2.75) is 6.10 Å². The van der Waals surface area contributed by atoms with Gasteiger partial charge >= 0.3 is 0 Å². The van der Waals surface area contributed by atoms with Crippen LogP contribution in [-0.4, -0.2) is 62.4 Å². The molecule has 1 aromatic rings. The summed E-state index contributed by atoms with van der Waals surface area (Å²) < 4.78 is 5.77. The number of amidine groups is 1. The van der Waals surface area contributed by atoms with Crippen LogP contribution in [0.3, 0.4) is 0 Å². The molecule has 1 heterocycles. The van der Waals surface area contributed by atoms with Crippen molar-refractivity contribution in [2.24, 2.45) is 10.9 Å². The van der Waals surface area contributed by atoms with E-state index in [4.69, 9.17) is 15.7 Å². The lowest BCUT2D eigenvalue weighted by atomic mass is 10.1. The molecule has 0 amide bonds. The first kappa shape index (κ1) is 14.6. The van der Waals surface area contributed by atoms with E-state index in [0.717, 1.165) is 37.5 Å². The molecule has 0 spiro atoms. The molecule has 1 aromatic carbocycles. The zero-order chi connectivity index (χ0) is 14.5. The third-order valence-electron chi connectivity index (χ3n) is 3.52. The second-order valence-electron chi connectivity index (χ2n) is 5.14. The lowest BCUT2D eigenvalue weighted by molar-refractivity contribution is -0.0143. The number of hydrogen-bond donors (Lipinski definition) is 2. The van der Waals surface area contributed by atoms with E-state index < -0.39 is 0 Å². The maximum atomic E-state index is 8.86. The van der Waals surface area contributed by atoms with Gasteiger partial charge in [-0.15, -0.1) is 0 Å². The summed E-state index contributed by atoms with van der Waals surface area (Å²) in [5.41, 5.74) is 7.38. The van der Waals surface area contributed by atoms with Crippen molar-refractivity contribution < 1.29 is 9.94 Å². The number of anilines is 1. The van der Waals surface area contributed by atoms with Crippen LogP contribution in [0.25, 0.3) is 0 Å². The molecular weight excluding hydrogens is 256 g/mol. The van der Waals surface area contributed by atoms with E-state index in [1.54, 1.807) is 0 Å². The number of oxime groups is 1. The fraction of sp³-hybridized carbons (Fsp3) is 0.500. The summed E-state index contributed by atoms with van der Waals surface area (Å²) in [7, 11) is 4.08. The van der Waals surface area contributed by atoms with Gasteiger partial charge in [-0.2, -0.15) is 0 Å². The zero-order valence-electron chi connectivity index (χ0n) is 12.0. The largest absolute Gasteiger partial charge is 0.409 e. The van der Waals surface area contributed by atoms with Crippen LogP contribution >= 0.6 is 0 Å². The fourth-order valence-corrected chi connectivity index (χ4v) is 2.46. The van der Waals surface area contributed by atoms with Crippen LogP contribution in [-0.2, 0) is 4.74 Å². The van der Waals surface area contributed by atoms with Gasteiger partial charge in [0.05, 0.1) is 12.7 Å². The van der Waals surface area contributed by atoms with E-state index in [-0.39, 0.29) is 11.9 Å². The molecule has 1 aliphatic heterocycles. The summed E-state index contributed by atoms with van der Waals surface area (Å²) in [4.78, 5) is 4.34. The highest BCUT2D eigenvalue weighted by molar-refractivity contribution is 6.02. The summed E-state index contributed by atoms with van der Waals surface area (Å²) in [6.45, 7) is 3.41. The van der Waals surface area contributed by atoms with Gasteiger partial charge in [-0.25, -0.2) is 0 Å². The molecule has 2 rings (SSSR count). The van der Waals surface area contributed by atoms with Crippen LogP contribution in [0.4, 0.5) is 5.69 Å². The minimum atomic E-state index is 0.120. The number of nitrogens with two attached hydrogens (primary N) is 1. The van der Waals surface area contributed by atoms with Crippen molar-refractivity contribution in [3.63, 3.8) is 0 Å². The lowest BCUT2D eigenvalue weighted by Crippen LogP contribution is -2.45. The Hall–Kier alpha value is -1.79. The number of morpholine rings is 1. The zero-order valence-corrected chi connectivity index (χ0v) is 12.0. The van der Waals surface area contributed by atoms with Gasteiger partial charge in [0.25, 0.3) is 0 Å². The smallest absolute Gasteiger partial charge is 0.172 e. The Balaban J connectivity index is 2.11. The van der Waals surface area contributed by atoms with Crippen LogP contribution in [0.15, 0.2) is 29.4 Å². The Morgan fingerprint density at radius 2 is 2.30 bits per heavy atom. The summed E-state index contributed by atoms with van der Waals surface area (Å²) >= 11 is 0. The molecule has 0 saturated carbocycles. The first-order valence-electron chi connectivity index (χ1n) is 6.70. The van der Waals surface area contributed by atoms with Gasteiger partial charge < -0.3 is 25.5 Å². The van der Waals surface area contributed by atoms with E-state index in [0.29, 0.717) is 0 Å². The molecule has 0 aromatic heterocycles. The van der Waals surface area contributed by atoms with Gasteiger partial charge in [-0.1, -0.05) is 17.3 Å². The fourth-order valence-electron chi connectivity index (χ4n) is 2.46. The summed E-state index contributed by atoms with van der Waals surface area (Å²) in [6, 6.07) is 7.61. The van der Waals surface area contributed by atoms with E-state index in [1.807, 2.05) is 31.3 Å². The summed E-state index contributed by atoms with van der Waals surface area (Å²) in [5, 5.41) is 12.0. The predicted molar refractivity (Wildman–Crippen MR) is 79.5 cm³/mol. The topological polar surface area (TPSA) is 74.3 Å². The van der Waals surface area contributed by atoms with Gasteiger partial charge in [0, 0.05) is 37.9 Å². The van der Waals surface area contributed by atoms with Crippen molar-refractivity contribution >= 4 is 11.5 Å². The Bertz CT molecular complexity index is 478. The van der Waals surface area contributed by atoms with Crippen LogP contribution in [0.1, 0.15) is 5.56 Å². The first-order chi connectivity index (χ1) is 9.61. The molecule has 6 heteroatoms. The lowest BCUT2D eigenvalue weighted by Gasteiger charge is -2.33. The molecular formula is C14H22N4O2. The molecule has 0 bridgehead atoms. The number of rotatable bonds is 4. The molecule has 0 radical (unpaired) electrons. The van der Waals surface area contributed by atoms with E-state index >= 15 is 0 Å². The van der Waals surface area contributed by atoms with Crippen molar-refractivity contribution in [1.29, 1.82) is 0 Å². The molecule has 6 nitrogen and oxygen atoms in total. The van der Waals surface area contributed by atoms with E-state index in [2.05, 4.69) is 22.0 Å². The third kappa shape index (κ3) is 3.40. The number of nitrogens with zero attached hydrogens (tertiary/aromatic N) is 3. The van der Waals surface area contributed by atoms with Gasteiger partial charge in [0.15, 0.2) is 5.84 Å². The Labute approximate surface area is 119 Å². The summed E-state index contributed by atoms with van der Waals surface area (Å²) in [5.74, 6) is 0.120. The third-order valence-corrected chi connectivity index (χ3v) is 3.52. The summed E-state index contributed by atoms with van der Waals surface area (Å²) in [6.07, 6.45) is 0.166. The molecule has 1 unspecified atom stereocenters. The van der Waals surface area contributed by atoms with Crippen LogP contribution < -0.4 is 10.6 Å². The maximum Gasteiger partial charge on any atom is 0.172 e. The molecule has 110 valence electrons.